The van der Waals surface area contributed by atoms with Crippen LogP contribution < -0.4 is 10.6 Å². The van der Waals surface area contributed by atoms with Gasteiger partial charge in [-0.25, -0.2) is 0 Å². The van der Waals surface area contributed by atoms with Crippen molar-refractivity contribution < 1.29 is 18.9 Å². The van der Waals surface area contributed by atoms with Gasteiger partial charge in [-0.2, -0.15) is 0 Å². The van der Waals surface area contributed by atoms with Crippen LogP contribution in [0, 0.1) is 18.8 Å². The smallest absolute Gasteiger partial charge is 0.241 e. The topological polar surface area (TPSA) is 105 Å². The van der Waals surface area contributed by atoms with Crippen LogP contribution in [0.2, 0.25) is 0 Å². The predicted molar refractivity (Wildman–Crippen MR) is 103 cm³/mol. The van der Waals surface area contributed by atoms with Crippen molar-refractivity contribution in [1.29, 1.82) is 0 Å². The molecule has 0 unspecified atom stereocenters. The first-order valence-electron chi connectivity index (χ1n) is 10.3. The Morgan fingerprint density at radius 3 is 2.50 bits per heavy atom. The highest BCUT2D eigenvalue weighted by Crippen LogP contribution is 2.26. The van der Waals surface area contributed by atoms with Crippen molar-refractivity contribution in [3.63, 3.8) is 0 Å². The van der Waals surface area contributed by atoms with E-state index in [4.69, 9.17) is 4.52 Å². The summed E-state index contributed by atoms with van der Waals surface area (Å²) in [5.74, 6) is 1.16. The van der Waals surface area contributed by atoms with Crippen molar-refractivity contribution in [1.82, 2.24) is 15.4 Å². The van der Waals surface area contributed by atoms with Gasteiger partial charge in [-0.15, -0.1) is 0 Å². The highest BCUT2D eigenvalue weighted by molar-refractivity contribution is 5.92. The molecule has 3 rings (SSSR count). The van der Waals surface area contributed by atoms with Gasteiger partial charge in [-0.05, 0) is 38.5 Å². The first kappa shape index (κ1) is 20.4. The summed E-state index contributed by atoms with van der Waals surface area (Å²) in [4.78, 5) is 38.5. The Balaban J connectivity index is 1.35. The molecule has 1 saturated carbocycles. The molecule has 1 aromatic heterocycles. The van der Waals surface area contributed by atoms with E-state index in [1.807, 2.05) is 0 Å². The first-order chi connectivity index (χ1) is 13.5. The lowest BCUT2D eigenvalue weighted by atomic mass is 9.87. The van der Waals surface area contributed by atoms with Crippen molar-refractivity contribution in [2.45, 2.75) is 58.3 Å². The van der Waals surface area contributed by atoms with Gasteiger partial charge in [0.05, 0.1) is 6.54 Å². The van der Waals surface area contributed by atoms with Crippen molar-refractivity contribution in [3.8, 4) is 0 Å². The lowest BCUT2D eigenvalue weighted by Gasteiger charge is -2.31. The molecule has 0 bridgehead atoms. The number of rotatable bonds is 6. The molecule has 2 aliphatic rings. The van der Waals surface area contributed by atoms with E-state index in [2.05, 4.69) is 15.8 Å². The Hall–Kier alpha value is -2.38. The zero-order chi connectivity index (χ0) is 19.9. The Labute approximate surface area is 165 Å². The molecule has 8 heteroatoms. The SMILES string of the molecule is Cc1cc(NC(=O)C2CCN(C(=O)CNC(=O)CC3CCCCC3)CC2)no1. The average Bonchev–Trinajstić information content (AvgIpc) is 3.11. The molecule has 0 atom stereocenters. The van der Waals surface area contributed by atoms with E-state index in [1.165, 1.54) is 19.3 Å². The maximum Gasteiger partial charge on any atom is 0.241 e. The van der Waals surface area contributed by atoms with Crippen LogP contribution in [-0.2, 0) is 14.4 Å². The van der Waals surface area contributed by atoms with Gasteiger partial charge in [0, 0.05) is 31.5 Å². The summed E-state index contributed by atoms with van der Waals surface area (Å²) in [6.45, 7) is 2.85. The molecule has 154 valence electrons. The number of piperidine rings is 1. The van der Waals surface area contributed by atoms with Crippen LogP contribution in [0.25, 0.3) is 0 Å². The summed E-state index contributed by atoms with van der Waals surface area (Å²) < 4.78 is 4.94. The van der Waals surface area contributed by atoms with Gasteiger partial charge in [0.1, 0.15) is 5.76 Å². The van der Waals surface area contributed by atoms with Gasteiger partial charge in [0.25, 0.3) is 0 Å². The number of carbonyl (C=O) groups excluding carboxylic acids is 3. The zero-order valence-electron chi connectivity index (χ0n) is 16.5. The Kier molecular flexibility index (Phi) is 7.06. The van der Waals surface area contributed by atoms with Crippen LogP contribution in [0.1, 0.15) is 57.1 Å². The van der Waals surface area contributed by atoms with Gasteiger partial charge in [0.15, 0.2) is 5.82 Å². The van der Waals surface area contributed by atoms with Gasteiger partial charge < -0.3 is 20.1 Å². The number of hydrogen-bond acceptors (Lipinski definition) is 5. The van der Waals surface area contributed by atoms with Crippen LogP contribution in [0.4, 0.5) is 5.82 Å². The van der Waals surface area contributed by atoms with Crippen LogP contribution in [0.3, 0.4) is 0 Å². The Bertz CT molecular complexity index is 688. The average molecular weight is 390 g/mol. The Morgan fingerprint density at radius 2 is 1.86 bits per heavy atom. The van der Waals surface area contributed by atoms with E-state index in [0.717, 1.165) is 12.8 Å². The van der Waals surface area contributed by atoms with E-state index < -0.39 is 0 Å². The summed E-state index contributed by atoms with van der Waals surface area (Å²) >= 11 is 0. The van der Waals surface area contributed by atoms with Crippen molar-refractivity contribution in [3.05, 3.63) is 11.8 Å². The molecular formula is C20H30N4O4. The third-order valence-corrected chi connectivity index (χ3v) is 5.73. The van der Waals surface area contributed by atoms with E-state index in [0.29, 0.717) is 49.8 Å². The summed E-state index contributed by atoms with van der Waals surface area (Å²) in [7, 11) is 0. The molecule has 8 nitrogen and oxygen atoms in total. The van der Waals surface area contributed by atoms with Crippen LogP contribution in [-0.4, -0.2) is 47.4 Å². The largest absolute Gasteiger partial charge is 0.360 e. The minimum atomic E-state index is -0.151. The fourth-order valence-electron chi connectivity index (χ4n) is 4.06. The van der Waals surface area contributed by atoms with E-state index in [1.54, 1.807) is 17.9 Å². The normalized spacial score (nSPS) is 18.7. The third kappa shape index (κ3) is 5.81. The van der Waals surface area contributed by atoms with E-state index >= 15 is 0 Å². The number of amides is 3. The van der Waals surface area contributed by atoms with Crippen LogP contribution in [0.15, 0.2) is 10.6 Å². The highest BCUT2D eigenvalue weighted by Gasteiger charge is 2.28. The monoisotopic (exact) mass is 390 g/mol. The number of nitrogens with zero attached hydrogens (tertiary/aromatic N) is 2. The second-order valence-electron chi connectivity index (χ2n) is 7.95. The second-order valence-corrected chi connectivity index (χ2v) is 7.95. The molecule has 1 aliphatic carbocycles. The van der Waals surface area contributed by atoms with E-state index in [9.17, 15) is 14.4 Å². The molecule has 1 aromatic rings. The Morgan fingerprint density at radius 1 is 1.14 bits per heavy atom. The minimum absolute atomic E-state index is 0.0302. The predicted octanol–water partition coefficient (Wildman–Crippen LogP) is 2.25. The van der Waals surface area contributed by atoms with Gasteiger partial charge in [0.2, 0.25) is 17.7 Å². The number of aromatic nitrogens is 1. The molecule has 2 N–H and O–H groups in total. The lowest BCUT2D eigenvalue weighted by molar-refractivity contribution is -0.135. The molecule has 2 heterocycles. The summed E-state index contributed by atoms with van der Waals surface area (Å²) in [6.07, 6.45) is 7.63. The lowest BCUT2D eigenvalue weighted by Crippen LogP contribution is -2.45. The van der Waals surface area contributed by atoms with Crippen molar-refractivity contribution in [2.24, 2.45) is 11.8 Å². The van der Waals surface area contributed by atoms with E-state index in [-0.39, 0.29) is 30.2 Å². The number of carbonyl (C=O) groups is 3. The van der Waals surface area contributed by atoms with Crippen molar-refractivity contribution in [2.75, 3.05) is 25.0 Å². The fraction of sp³-hybridized carbons (Fsp3) is 0.700. The second kappa shape index (κ2) is 9.71. The third-order valence-electron chi connectivity index (χ3n) is 5.73. The molecule has 2 fully saturated rings. The molecule has 3 amide bonds. The van der Waals surface area contributed by atoms with Gasteiger partial charge >= 0.3 is 0 Å². The first-order valence-corrected chi connectivity index (χ1v) is 10.3. The molecule has 28 heavy (non-hydrogen) atoms. The molecule has 0 radical (unpaired) electrons. The van der Waals surface area contributed by atoms with Gasteiger partial charge in [-0.3, -0.25) is 14.4 Å². The van der Waals surface area contributed by atoms with Gasteiger partial charge in [-0.1, -0.05) is 24.4 Å². The number of likely N-dealkylation sites (tertiary alicyclic amines) is 1. The van der Waals surface area contributed by atoms with Crippen LogP contribution >= 0.6 is 0 Å². The molecule has 0 aromatic carbocycles. The number of aryl methyl sites for hydroxylation is 1. The van der Waals surface area contributed by atoms with Crippen LogP contribution in [0.5, 0.6) is 0 Å². The summed E-state index contributed by atoms with van der Waals surface area (Å²) in [5, 5.41) is 9.28. The maximum atomic E-state index is 12.4. The maximum absolute atomic E-state index is 12.4. The highest BCUT2D eigenvalue weighted by atomic mass is 16.5. The number of nitrogens with one attached hydrogen (secondary N) is 2. The zero-order valence-corrected chi connectivity index (χ0v) is 16.5. The molecule has 0 spiro atoms. The minimum Gasteiger partial charge on any atom is -0.360 e. The summed E-state index contributed by atoms with van der Waals surface area (Å²) in [5.41, 5.74) is 0. The summed E-state index contributed by atoms with van der Waals surface area (Å²) in [6, 6.07) is 1.67. The molecule has 1 saturated heterocycles. The fourth-order valence-corrected chi connectivity index (χ4v) is 4.06. The quantitative estimate of drug-likeness (QED) is 0.775. The molecular weight excluding hydrogens is 360 g/mol. The van der Waals surface area contributed by atoms with Crippen molar-refractivity contribution >= 4 is 23.5 Å². The number of anilines is 1. The standard InChI is InChI=1S/C20H30N4O4/c1-14-11-17(23-28-14)22-20(27)16-7-9-24(10-8-16)19(26)13-21-18(25)12-15-5-3-2-4-6-15/h11,15-16H,2-10,12-13H2,1H3,(H,21,25)(H,22,23,27). The molecule has 1 aliphatic heterocycles. The number of hydrogen-bond donors (Lipinski definition) is 2.